The average molecular weight is 472 g/mol. The first-order chi connectivity index (χ1) is 16.1. The second kappa shape index (κ2) is 12.3. The van der Waals surface area contributed by atoms with Gasteiger partial charge in [0.15, 0.2) is 0 Å². The number of pyridine rings is 1. The van der Waals surface area contributed by atoms with Gasteiger partial charge in [-0.15, -0.1) is 0 Å². The van der Waals surface area contributed by atoms with Gasteiger partial charge < -0.3 is 20.1 Å². The molecule has 7 nitrogen and oxygen atoms in total. The van der Waals surface area contributed by atoms with Gasteiger partial charge in [0.2, 0.25) is 12.0 Å². The Morgan fingerprint density at radius 1 is 1.24 bits per heavy atom. The van der Waals surface area contributed by atoms with Gasteiger partial charge in [-0.05, 0) is 56.6 Å². The van der Waals surface area contributed by atoms with E-state index in [0.29, 0.717) is 5.41 Å². The van der Waals surface area contributed by atoms with Gasteiger partial charge in [-0.1, -0.05) is 25.5 Å². The van der Waals surface area contributed by atoms with Crippen molar-refractivity contribution in [3.8, 4) is 0 Å². The molecule has 2 aliphatic heterocycles. The summed E-state index contributed by atoms with van der Waals surface area (Å²) in [6.07, 6.45) is 14.4. The zero-order chi connectivity index (χ0) is 25.3. The third-order valence-electron chi connectivity index (χ3n) is 6.32. The Bertz CT molecular complexity index is 1030. The van der Waals surface area contributed by atoms with E-state index < -0.39 is 5.82 Å². The number of halogens is 1. The van der Waals surface area contributed by atoms with Gasteiger partial charge >= 0.3 is 0 Å². The Morgan fingerprint density at radius 2 is 1.85 bits per heavy atom. The van der Waals surface area contributed by atoms with Crippen LogP contribution in [-0.2, 0) is 11.8 Å². The Balaban J connectivity index is 0.000000283. The van der Waals surface area contributed by atoms with Crippen LogP contribution in [-0.4, -0.2) is 46.7 Å². The van der Waals surface area contributed by atoms with Crippen molar-refractivity contribution < 1.29 is 9.18 Å². The highest BCUT2D eigenvalue weighted by molar-refractivity contribution is 5.94. The van der Waals surface area contributed by atoms with E-state index in [9.17, 15) is 9.18 Å². The summed E-state index contributed by atoms with van der Waals surface area (Å²) < 4.78 is 13.4. The fourth-order valence-electron chi connectivity index (χ4n) is 3.72. The van der Waals surface area contributed by atoms with Crippen LogP contribution in [0, 0.1) is 11.2 Å². The van der Waals surface area contributed by atoms with Crippen molar-refractivity contribution in [2.75, 3.05) is 20.1 Å². The predicted octanol–water partition coefficient (Wildman–Crippen LogP) is 3.93. The predicted molar refractivity (Wildman–Crippen MR) is 135 cm³/mol. The first kappa shape index (κ1) is 27.1. The number of allylic oxidation sites excluding steroid dienone is 3. The van der Waals surface area contributed by atoms with Gasteiger partial charge in [-0.25, -0.2) is 9.38 Å². The summed E-state index contributed by atoms with van der Waals surface area (Å²) in [5.74, 6) is 1.91. The van der Waals surface area contributed by atoms with E-state index in [2.05, 4.69) is 61.7 Å². The number of carbonyl (C=O) groups excluding carboxylic acids is 1. The molecule has 3 aliphatic rings. The van der Waals surface area contributed by atoms with Gasteiger partial charge in [-0.2, -0.15) is 0 Å². The van der Waals surface area contributed by atoms with E-state index in [1.54, 1.807) is 0 Å². The summed E-state index contributed by atoms with van der Waals surface area (Å²) in [4.78, 5) is 28.8. The van der Waals surface area contributed by atoms with Crippen molar-refractivity contribution in [3.63, 3.8) is 0 Å². The summed E-state index contributed by atoms with van der Waals surface area (Å²) in [5, 5.41) is 0. The zero-order valence-corrected chi connectivity index (χ0v) is 21.1. The summed E-state index contributed by atoms with van der Waals surface area (Å²) in [5.41, 5.74) is 7.16. The number of likely N-dealkylation sites (tertiary alicyclic amines) is 1. The number of nitrogens with zero attached hydrogens (tertiary/aromatic N) is 4. The second-order valence-corrected chi connectivity index (χ2v) is 9.17. The van der Waals surface area contributed by atoms with Crippen LogP contribution in [0.4, 0.5) is 4.39 Å². The summed E-state index contributed by atoms with van der Waals surface area (Å²) in [7, 11) is 3.63. The number of hydrogen-bond donors (Lipinski definition) is 1. The van der Waals surface area contributed by atoms with Gasteiger partial charge in [0.1, 0.15) is 17.5 Å². The van der Waals surface area contributed by atoms with Crippen LogP contribution in [0.1, 0.15) is 52.9 Å². The molecule has 1 aromatic rings. The van der Waals surface area contributed by atoms with Crippen molar-refractivity contribution in [1.29, 1.82) is 0 Å². The fourth-order valence-corrected chi connectivity index (χ4v) is 3.72. The number of nitrogens with two attached hydrogens (primary N) is 1. The molecule has 34 heavy (non-hydrogen) atoms. The Morgan fingerprint density at radius 3 is 2.35 bits per heavy atom. The van der Waals surface area contributed by atoms with Crippen LogP contribution in [0.5, 0.6) is 0 Å². The number of primary amides is 1. The molecule has 0 unspecified atom stereocenters. The second-order valence-electron chi connectivity index (χ2n) is 9.17. The Labute approximate surface area is 202 Å². The molecule has 0 radical (unpaired) electrons. The molecular formula is C26H38FN5O2. The topological polar surface area (TPSA) is 83.9 Å². The highest BCUT2D eigenvalue weighted by atomic mass is 19.1. The van der Waals surface area contributed by atoms with E-state index in [1.807, 2.05) is 0 Å². The number of rotatable bonds is 3. The minimum Gasteiger partial charge on any atom is -0.372 e. The Kier molecular flexibility index (Phi) is 9.83. The molecule has 2 fully saturated rings. The van der Waals surface area contributed by atoms with Crippen LogP contribution in [0.2, 0.25) is 0 Å². The molecule has 3 heterocycles. The first-order valence-electron chi connectivity index (χ1n) is 11.8. The maximum Gasteiger partial charge on any atom is 0.250 e. The molecule has 0 aromatic carbocycles. The van der Waals surface area contributed by atoms with Crippen molar-refractivity contribution in [2.45, 2.75) is 52.9 Å². The normalized spacial score (nSPS) is 19.9. The fraction of sp³-hybridized carbons (Fsp3) is 0.500. The van der Waals surface area contributed by atoms with Crippen LogP contribution in [0.15, 0.2) is 63.4 Å². The standard InChI is InChI=1S/C19H29N3.C6H6FNO.CH3NO/c1-5-15(2)14-16(19(3)9-10-19)18-20-17(8-13-21(18)4)22-11-6-7-12-22;1-8-4-5(7)2-3-6(8)9;2-1-3/h8,13-14H,5-7,9-12H2,1-4H3;2-4H,1H3;1H,(H2,2,3)/b15-14?,18-16+;;. The molecule has 186 valence electrons. The molecule has 2 N–H and O–H groups in total. The first-order valence-corrected chi connectivity index (χ1v) is 11.8. The van der Waals surface area contributed by atoms with Gasteiger partial charge in [0.05, 0.1) is 0 Å². The lowest BCUT2D eigenvalue weighted by Gasteiger charge is -2.28. The molecule has 1 amide bonds. The molecule has 1 saturated carbocycles. The minimum atomic E-state index is -0.392. The van der Waals surface area contributed by atoms with E-state index >= 15 is 0 Å². The smallest absolute Gasteiger partial charge is 0.250 e. The largest absolute Gasteiger partial charge is 0.372 e. The van der Waals surface area contributed by atoms with Crippen LogP contribution in [0.3, 0.4) is 0 Å². The van der Waals surface area contributed by atoms with Crippen molar-refractivity contribution in [2.24, 2.45) is 23.2 Å². The lowest BCUT2D eigenvalue weighted by atomic mass is 9.94. The Hall–Kier alpha value is -3.16. The SMILES string of the molecule is CCC(C)=C/C(=C1/N=C(N2CCCC2)C=CN1C)C1(C)CC1.Cn1cc(F)ccc1=O.NC=O. The maximum absolute atomic E-state index is 12.2. The third kappa shape index (κ3) is 7.43. The van der Waals surface area contributed by atoms with E-state index in [0.717, 1.165) is 43.4 Å². The number of amidine groups is 1. The van der Waals surface area contributed by atoms with E-state index in [4.69, 9.17) is 9.79 Å². The van der Waals surface area contributed by atoms with Crippen molar-refractivity contribution in [1.82, 2.24) is 14.4 Å². The average Bonchev–Trinajstić information content (AvgIpc) is 3.32. The zero-order valence-electron chi connectivity index (χ0n) is 21.1. The molecule has 0 atom stereocenters. The third-order valence-corrected chi connectivity index (χ3v) is 6.32. The number of aryl methyl sites for hydroxylation is 1. The van der Waals surface area contributed by atoms with Gasteiger partial charge in [0, 0.05) is 51.2 Å². The van der Waals surface area contributed by atoms with Crippen LogP contribution < -0.4 is 11.3 Å². The maximum atomic E-state index is 12.2. The molecule has 0 bridgehead atoms. The molecule has 1 saturated heterocycles. The summed E-state index contributed by atoms with van der Waals surface area (Å²) >= 11 is 0. The number of carbonyl (C=O) groups is 1. The number of hydrogen-bond acceptors (Lipinski definition) is 5. The monoisotopic (exact) mass is 471 g/mol. The molecule has 1 aliphatic carbocycles. The highest BCUT2D eigenvalue weighted by Gasteiger charge is 2.42. The highest BCUT2D eigenvalue weighted by Crippen LogP contribution is 2.53. The van der Waals surface area contributed by atoms with Crippen LogP contribution >= 0.6 is 0 Å². The number of amides is 1. The quantitative estimate of drug-likeness (QED) is 0.677. The summed E-state index contributed by atoms with van der Waals surface area (Å²) in [6, 6.07) is 2.33. The van der Waals surface area contributed by atoms with Crippen molar-refractivity contribution in [3.05, 3.63) is 69.8 Å². The molecular weight excluding hydrogens is 433 g/mol. The van der Waals surface area contributed by atoms with E-state index in [-0.39, 0.29) is 12.0 Å². The molecule has 1 aromatic heterocycles. The lowest BCUT2D eigenvalue weighted by Crippen LogP contribution is -2.30. The number of aliphatic imine (C=N–C) groups is 1. The van der Waals surface area contributed by atoms with Gasteiger partial charge in [-0.3, -0.25) is 9.59 Å². The van der Waals surface area contributed by atoms with Crippen molar-refractivity contribution >= 4 is 12.2 Å². The molecule has 8 heteroatoms. The number of aromatic nitrogens is 1. The lowest BCUT2D eigenvalue weighted by molar-refractivity contribution is -0.106. The molecule has 4 rings (SSSR count). The molecule has 0 spiro atoms. The summed E-state index contributed by atoms with van der Waals surface area (Å²) in [6.45, 7) is 9.14. The van der Waals surface area contributed by atoms with E-state index in [1.165, 1.54) is 54.5 Å². The van der Waals surface area contributed by atoms with Gasteiger partial charge in [0.25, 0.3) is 0 Å². The minimum absolute atomic E-state index is 0.198. The van der Waals surface area contributed by atoms with Crippen LogP contribution in [0.25, 0.3) is 0 Å².